The number of carbonyl (C=O) groups is 2. The molecule has 2 aromatic heterocycles. The van der Waals surface area contributed by atoms with Crippen LogP contribution in [0.1, 0.15) is 32.8 Å². The van der Waals surface area contributed by atoms with E-state index < -0.39 is 0 Å². The van der Waals surface area contributed by atoms with E-state index in [1.54, 1.807) is 29.5 Å². The number of aryl methyl sites for hydroxylation is 2. The predicted molar refractivity (Wildman–Crippen MR) is 99.0 cm³/mol. The fourth-order valence-corrected chi connectivity index (χ4v) is 5.00. The second-order valence-corrected chi connectivity index (χ2v) is 7.82. The molecule has 1 aromatic carbocycles. The van der Waals surface area contributed by atoms with Gasteiger partial charge in [0.2, 0.25) is 5.91 Å². The Morgan fingerprint density at radius 2 is 2.15 bits per heavy atom. The van der Waals surface area contributed by atoms with E-state index in [9.17, 15) is 14.4 Å². The van der Waals surface area contributed by atoms with E-state index in [-0.39, 0.29) is 30.2 Å². The highest BCUT2D eigenvalue weighted by atomic mass is 32.1. The summed E-state index contributed by atoms with van der Waals surface area (Å²) in [6.07, 6.45) is 4.75. The van der Waals surface area contributed by atoms with Gasteiger partial charge in [-0.05, 0) is 48.6 Å². The molecule has 0 atom stereocenters. The van der Waals surface area contributed by atoms with E-state index >= 15 is 0 Å². The van der Waals surface area contributed by atoms with Gasteiger partial charge in [-0.3, -0.25) is 19.0 Å². The number of carbonyl (C=O) groups excluding carboxylic acids is 2. The first-order valence-electron chi connectivity index (χ1n) is 8.56. The summed E-state index contributed by atoms with van der Waals surface area (Å²) in [5.74, 6) is -0.232. The zero-order valence-corrected chi connectivity index (χ0v) is 14.7. The molecule has 0 saturated carbocycles. The van der Waals surface area contributed by atoms with Crippen molar-refractivity contribution in [1.82, 2.24) is 9.55 Å². The molecule has 0 fully saturated rings. The van der Waals surface area contributed by atoms with Crippen molar-refractivity contribution >= 4 is 38.9 Å². The number of amides is 1. The van der Waals surface area contributed by atoms with Crippen molar-refractivity contribution in [3.63, 3.8) is 0 Å². The molecule has 1 N–H and O–H groups in total. The van der Waals surface area contributed by atoms with Crippen molar-refractivity contribution in [2.45, 2.75) is 32.2 Å². The molecule has 2 aliphatic rings. The molecule has 0 bridgehead atoms. The Balaban J connectivity index is 1.49. The first kappa shape index (κ1) is 15.5. The maximum atomic E-state index is 12.9. The van der Waals surface area contributed by atoms with Crippen LogP contribution in [0.2, 0.25) is 0 Å². The third kappa shape index (κ3) is 2.31. The number of hydrogen-bond acceptors (Lipinski definition) is 5. The first-order valence-corrected chi connectivity index (χ1v) is 9.37. The lowest BCUT2D eigenvalue weighted by Crippen LogP contribution is -2.24. The van der Waals surface area contributed by atoms with Crippen LogP contribution in [0.3, 0.4) is 0 Å². The van der Waals surface area contributed by atoms with Crippen LogP contribution in [-0.2, 0) is 30.6 Å². The molecule has 1 aliphatic heterocycles. The van der Waals surface area contributed by atoms with Crippen molar-refractivity contribution in [2.75, 3.05) is 5.32 Å². The smallest absolute Gasteiger partial charge is 0.262 e. The van der Waals surface area contributed by atoms with E-state index in [1.165, 1.54) is 15.8 Å². The highest BCUT2D eigenvalue weighted by Gasteiger charge is 2.23. The second kappa shape index (κ2) is 5.60. The number of Topliss-reactive ketones (excluding diaryl/α,β-unsaturated/α-hetero) is 1. The summed E-state index contributed by atoms with van der Waals surface area (Å²) < 4.78 is 1.40. The number of anilines is 1. The average molecular weight is 365 g/mol. The van der Waals surface area contributed by atoms with Gasteiger partial charge in [-0.15, -0.1) is 11.3 Å². The molecule has 1 amide bonds. The van der Waals surface area contributed by atoms with Gasteiger partial charge in [0, 0.05) is 16.1 Å². The lowest BCUT2D eigenvalue weighted by Gasteiger charge is -2.07. The fourth-order valence-electron chi connectivity index (χ4n) is 3.78. The van der Waals surface area contributed by atoms with E-state index in [0.717, 1.165) is 40.9 Å². The molecule has 0 spiro atoms. The lowest BCUT2D eigenvalue weighted by atomic mass is 10.1. The van der Waals surface area contributed by atoms with Gasteiger partial charge in [0.1, 0.15) is 4.83 Å². The Morgan fingerprint density at radius 1 is 1.27 bits per heavy atom. The Bertz CT molecular complexity index is 1160. The summed E-state index contributed by atoms with van der Waals surface area (Å²) in [5.41, 5.74) is 3.05. The molecule has 0 saturated heterocycles. The van der Waals surface area contributed by atoms with Gasteiger partial charge in [-0.25, -0.2) is 4.98 Å². The number of hydrogen-bond donors (Lipinski definition) is 1. The molecule has 1 aliphatic carbocycles. The summed E-state index contributed by atoms with van der Waals surface area (Å²) in [5, 5.41) is 3.43. The zero-order chi connectivity index (χ0) is 17.8. The van der Waals surface area contributed by atoms with Crippen LogP contribution >= 0.6 is 11.3 Å². The zero-order valence-electron chi connectivity index (χ0n) is 13.9. The van der Waals surface area contributed by atoms with Gasteiger partial charge in [0.25, 0.3) is 5.56 Å². The highest BCUT2D eigenvalue weighted by molar-refractivity contribution is 7.18. The summed E-state index contributed by atoms with van der Waals surface area (Å²) in [6.45, 7) is -0.0491. The third-order valence-electron chi connectivity index (χ3n) is 5.06. The number of benzene rings is 1. The van der Waals surface area contributed by atoms with Crippen molar-refractivity contribution in [3.05, 3.63) is 56.4 Å². The summed E-state index contributed by atoms with van der Waals surface area (Å²) >= 11 is 1.59. The lowest BCUT2D eigenvalue weighted by molar-refractivity contribution is -0.115. The maximum absolute atomic E-state index is 12.9. The van der Waals surface area contributed by atoms with Crippen LogP contribution in [-0.4, -0.2) is 21.2 Å². The van der Waals surface area contributed by atoms with Crippen LogP contribution in [0.4, 0.5) is 5.69 Å². The Hall–Kier alpha value is -2.80. The normalized spacial score (nSPS) is 15.2. The summed E-state index contributed by atoms with van der Waals surface area (Å²) in [6, 6.07) is 5.16. The van der Waals surface area contributed by atoms with Crippen LogP contribution in [0.5, 0.6) is 0 Å². The predicted octanol–water partition coefficient (Wildman–Crippen LogP) is 2.32. The molecule has 26 heavy (non-hydrogen) atoms. The second-order valence-electron chi connectivity index (χ2n) is 6.74. The van der Waals surface area contributed by atoms with Crippen molar-refractivity contribution in [2.24, 2.45) is 0 Å². The molecule has 7 heteroatoms. The van der Waals surface area contributed by atoms with E-state index in [4.69, 9.17) is 0 Å². The van der Waals surface area contributed by atoms with E-state index in [0.29, 0.717) is 10.9 Å². The number of aromatic nitrogens is 2. The standard InChI is InChI=1S/C19H15N3O3S/c23-14(10-4-5-13-11(6-10)7-16(24)21-13)8-22-9-20-18-17(19(22)25)12-2-1-3-15(12)26-18/h4-6,9H,1-3,7-8H2,(H,21,24). The van der Waals surface area contributed by atoms with Gasteiger partial charge in [-0.2, -0.15) is 0 Å². The average Bonchev–Trinajstić information content (AvgIpc) is 3.29. The number of rotatable bonds is 3. The van der Waals surface area contributed by atoms with Gasteiger partial charge in [0.05, 0.1) is 24.7 Å². The molecule has 6 nitrogen and oxygen atoms in total. The van der Waals surface area contributed by atoms with Crippen molar-refractivity contribution in [3.8, 4) is 0 Å². The van der Waals surface area contributed by atoms with Crippen LogP contribution in [0.25, 0.3) is 10.2 Å². The highest BCUT2D eigenvalue weighted by Crippen LogP contribution is 2.34. The fraction of sp³-hybridized carbons (Fsp3) is 0.263. The number of nitrogens with zero attached hydrogens (tertiary/aromatic N) is 2. The van der Waals surface area contributed by atoms with E-state index in [2.05, 4.69) is 10.3 Å². The minimum atomic E-state index is -0.165. The number of nitrogens with one attached hydrogen (secondary N) is 1. The monoisotopic (exact) mass is 365 g/mol. The minimum absolute atomic E-state index is 0.0491. The Morgan fingerprint density at radius 3 is 3.04 bits per heavy atom. The topological polar surface area (TPSA) is 81.1 Å². The van der Waals surface area contributed by atoms with Crippen molar-refractivity contribution in [1.29, 1.82) is 0 Å². The van der Waals surface area contributed by atoms with Crippen LogP contribution < -0.4 is 10.9 Å². The van der Waals surface area contributed by atoms with Gasteiger partial charge in [0.15, 0.2) is 5.78 Å². The summed E-state index contributed by atoms with van der Waals surface area (Å²) in [7, 11) is 0. The summed E-state index contributed by atoms with van der Waals surface area (Å²) in [4.78, 5) is 43.4. The maximum Gasteiger partial charge on any atom is 0.262 e. The van der Waals surface area contributed by atoms with Gasteiger partial charge < -0.3 is 5.32 Å². The first-order chi connectivity index (χ1) is 12.6. The minimum Gasteiger partial charge on any atom is -0.326 e. The third-order valence-corrected chi connectivity index (χ3v) is 6.26. The van der Waals surface area contributed by atoms with E-state index in [1.807, 2.05) is 0 Å². The van der Waals surface area contributed by atoms with Gasteiger partial charge >= 0.3 is 0 Å². The Labute approximate surface area is 152 Å². The molecule has 5 rings (SSSR count). The quantitative estimate of drug-likeness (QED) is 0.723. The van der Waals surface area contributed by atoms with Gasteiger partial charge in [-0.1, -0.05) is 0 Å². The SMILES string of the molecule is O=C1Cc2cc(C(=O)Cn3cnc4sc5c(c4c3=O)CCC5)ccc2N1. The number of thiophene rings is 1. The number of fused-ring (bicyclic) bond motifs is 4. The number of ketones is 1. The molecule has 130 valence electrons. The van der Waals surface area contributed by atoms with Crippen molar-refractivity contribution < 1.29 is 9.59 Å². The van der Waals surface area contributed by atoms with Crippen LogP contribution in [0.15, 0.2) is 29.3 Å². The molecule has 0 radical (unpaired) electrons. The molecule has 0 unspecified atom stereocenters. The molecular weight excluding hydrogens is 350 g/mol. The largest absolute Gasteiger partial charge is 0.326 e. The molecule has 3 heterocycles. The Kier molecular flexibility index (Phi) is 3.33. The van der Waals surface area contributed by atoms with Crippen LogP contribution in [0, 0.1) is 0 Å². The molecular formula is C19H15N3O3S. The molecule has 3 aromatic rings.